The van der Waals surface area contributed by atoms with Gasteiger partial charge in [0.2, 0.25) is 0 Å². The molecule has 0 saturated carbocycles. The van der Waals surface area contributed by atoms with Crippen LogP contribution in [0, 0.1) is 6.92 Å². The number of nitrogens with one attached hydrogen (secondary N) is 1. The summed E-state index contributed by atoms with van der Waals surface area (Å²) in [5.41, 5.74) is 1.02. The summed E-state index contributed by atoms with van der Waals surface area (Å²) in [5.74, 6) is 2.81. The van der Waals surface area contributed by atoms with Gasteiger partial charge in [-0.15, -0.1) is 0 Å². The van der Waals surface area contributed by atoms with E-state index in [9.17, 15) is 5.11 Å². The van der Waals surface area contributed by atoms with E-state index in [1.807, 2.05) is 0 Å². The second-order valence-corrected chi connectivity index (χ2v) is 6.84. The molecule has 1 aromatic rings. The van der Waals surface area contributed by atoms with E-state index >= 15 is 0 Å². The predicted octanol–water partition coefficient (Wildman–Crippen LogP) is 2.48. The molecule has 118 valence electrons. The van der Waals surface area contributed by atoms with Crippen molar-refractivity contribution >= 4 is 11.6 Å². The molecule has 0 radical (unpaired) electrons. The molecule has 0 spiro atoms. The lowest BCUT2D eigenvalue weighted by atomic mass is 9.95. The van der Waals surface area contributed by atoms with Crippen molar-refractivity contribution in [1.29, 1.82) is 0 Å². The monoisotopic (exact) mass is 292 g/mol. The normalized spacial score (nSPS) is 17.1. The van der Waals surface area contributed by atoms with Gasteiger partial charge >= 0.3 is 0 Å². The van der Waals surface area contributed by atoms with Crippen LogP contribution in [0.2, 0.25) is 0 Å². The highest BCUT2D eigenvalue weighted by Crippen LogP contribution is 2.30. The van der Waals surface area contributed by atoms with Crippen molar-refractivity contribution in [2.75, 3.05) is 29.9 Å². The van der Waals surface area contributed by atoms with Gasteiger partial charge in [-0.2, -0.15) is 0 Å². The highest BCUT2D eigenvalue weighted by atomic mass is 16.3. The Morgan fingerprint density at radius 2 is 1.86 bits per heavy atom. The Bertz CT molecular complexity index is 488. The number of anilines is 2. The zero-order valence-electron chi connectivity index (χ0n) is 13.9. The summed E-state index contributed by atoms with van der Waals surface area (Å²) in [4.78, 5) is 11.8. The lowest BCUT2D eigenvalue weighted by Gasteiger charge is -2.33. The number of nitrogens with zero attached hydrogens (tertiary/aromatic N) is 3. The molecular weight excluding hydrogens is 264 g/mol. The van der Waals surface area contributed by atoms with Crippen LogP contribution in [0.4, 0.5) is 11.6 Å². The van der Waals surface area contributed by atoms with Crippen LogP contribution in [0.15, 0.2) is 0 Å². The van der Waals surface area contributed by atoms with Gasteiger partial charge in [0.05, 0.1) is 6.10 Å². The number of hydrogen-bond donors (Lipinski definition) is 2. The highest BCUT2D eigenvalue weighted by molar-refractivity contribution is 5.59. The Labute approximate surface area is 127 Å². The lowest BCUT2D eigenvalue weighted by Crippen LogP contribution is -2.37. The van der Waals surface area contributed by atoms with Gasteiger partial charge in [-0.05, 0) is 26.7 Å². The summed E-state index contributed by atoms with van der Waals surface area (Å²) in [7, 11) is 0. The first kappa shape index (κ1) is 16.0. The average molecular weight is 292 g/mol. The smallest absolute Gasteiger partial charge is 0.138 e. The van der Waals surface area contributed by atoms with E-state index in [0.717, 1.165) is 55.5 Å². The molecule has 1 aromatic heterocycles. The van der Waals surface area contributed by atoms with Crippen LogP contribution in [0.5, 0.6) is 0 Å². The van der Waals surface area contributed by atoms with Crippen molar-refractivity contribution in [3.05, 3.63) is 11.4 Å². The van der Waals surface area contributed by atoms with E-state index in [4.69, 9.17) is 9.97 Å². The maximum atomic E-state index is 9.69. The molecule has 1 saturated heterocycles. The molecule has 0 bridgehead atoms. The molecule has 0 amide bonds. The number of rotatable bonds is 3. The van der Waals surface area contributed by atoms with Crippen LogP contribution in [-0.2, 0) is 5.41 Å². The van der Waals surface area contributed by atoms with E-state index in [1.54, 1.807) is 0 Å². The first-order valence-electron chi connectivity index (χ1n) is 7.89. The van der Waals surface area contributed by atoms with Crippen molar-refractivity contribution in [2.24, 2.45) is 0 Å². The second kappa shape index (κ2) is 6.18. The molecule has 0 aromatic carbocycles. The third kappa shape index (κ3) is 3.64. The lowest BCUT2D eigenvalue weighted by molar-refractivity contribution is 0.145. The third-order valence-electron chi connectivity index (χ3n) is 3.90. The van der Waals surface area contributed by atoms with Gasteiger partial charge in [0, 0.05) is 30.6 Å². The topological polar surface area (TPSA) is 61.3 Å². The Hall–Kier alpha value is -1.36. The molecule has 2 heterocycles. The molecule has 5 heteroatoms. The Morgan fingerprint density at radius 1 is 1.24 bits per heavy atom. The fraction of sp³-hybridized carbons (Fsp3) is 0.750. The van der Waals surface area contributed by atoms with Crippen LogP contribution in [0.25, 0.3) is 0 Å². The number of piperidine rings is 1. The summed E-state index contributed by atoms with van der Waals surface area (Å²) in [6.07, 6.45) is 1.45. The minimum Gasteiger partial charge on any atom is -0.393 e. The first-order chi connectivity index (χ1) is 9.82. The van der Waals surface area contributed by atoms with Gasteiger partial charge in [0.1, 0.15) is 17.5 Å². The molecule has 2 rings (SSSR count). The quantitative estimate of drug-likeness (QED) is 0.896. The van der Waals surface area contributed by atoms with Crippen molar-refractivity contribution in [1.82, 2.24) is 9.97 Å². The largest absolute Gasteiger partial charge is 0.393 e. The van der Waals surface area contributed by atoms with E-state index < -0.39 is 0 Å². The van der Waals surface area contributed by atoms with E-state index in [2.05, 4.69) is 44.8 Å². The van der Waals surface area contributed by atoms with Crippen LogP contribution in [0.1, 0.15) is 51.9 Å². The number of aromatic nitrogens is 2. The van der Waals surface area contributed by atoms with E-state index in [-0.39, 0.29) is 11.5 Å². The van der Waals surface area contributed by atoms with Gasteiger partial charge in [-0.1, -0.05) is 20.8 Å². The van der Waals surface area contributed by atoms with Gasteiger partial charge in [0.15, 0.2) is 0 Å². The summed E-state index contributed by atoms with van der Waals surface area (Å²) in [5, 5.41) is 13.0. The zero-order chi connectivity index (χ0) is 15.6. The number of aliphatic hydroxyl groups is 1. The van der Waals surface area contributed by atoms with Crippen LogP contribution >= 0.6 is 0 Å². The molecule has 1 aliphatic heterocycles. The molecule has 1 aliphatic rings. The molecule has 5 nitrogen and oxygen atoms in total. The fourth-order valence-corrected chi connectivity index (χ4v) is 2.57. The van der Waals surface area contributed by atoms with Crippen LogP contribution in [-0.4, -0.2) is 40.8 Å². The predicted molar refractivity (Wildman–Crippen MR) is 87.1 cm³/mol. The van der Waals surface area contributed by atoms with Crippen molar-refractivity contribution in [2.45, 2.75) is 59.0 Å². The first-order valence-corrected chi connectivity index (χ1v) is 7.89. The SMILES string of the molecule is CCNc1nc(C(C)(C)C)nc(N2CCC(O)CC2)c1C. The Morgan fingerprint density at radius 3 is 2.38 bits per heavy atom. The minimum absolute atomic E-state index is 0.0814. The minimum atomic E-state index is -0.168. The van der Waals surface area contributed by atoms with Gasteiger partial charge < -0.3 is 15.3 Å². The summed E-state index contributed by atoms with van der Waals surface area (Å²) >= 11 is 0. The molecular formula is C16H28N4O. The average Bonchev–Trinajstić information content (AvgIpc) is 2.41. The Balaban J connectivity index is 2.40. The molecule has 0 atom stereocenters. The zero-order valence-corrected chi connectivity index (χ0v) is 13.9. The van der Waals surface area contributed by atoms with Gasteiger partial charge in [-0.3, -0.25) is 0 Å². The van der Waals surface area contributed by atoms with E-state index in [0.29, 0.717) is 0 Å². The summed E-state index contributed by atoms with van der Waals surface area (Å²) < 4.78 is 0. The third-order valence-corrected chi connectivity index (χ3v) is 3.90. The van der Waals surface area contributed by atoms with Crippen molar-refractivity contribution in [3.8, 4) is 0 Å². The van der Waals surface area contributed by atoms with Gasteiger partial charge in [0.25, 0.3) is 0 Å². The molecule has 0 aliphatic carbocycles. The fourth-order valence-electron chi connectivity index (χ4n) is 2.57. The number of aliphatic hydroxyl groups excluding tert-OH is 1. The highest BCUT2D eigenvalue weighted by Gasteiger charge is 2.25. The molecule has 2 N–H and O–H groups in total. The Kier molecular flexibility index (Phi) is 4.71. The van der Waals surface area contributed by atoms with E-state index in [1.165, 1.54) is 0 Å². The van der Waals surface area contributed by atoms with Gasteiger partial charge in [-0.25, -0.2) is 9.97 Å². The van der Waals surface area contributed by atoms with Crippen molar-refractivity contribution < 1.29 is 5.11 Å². The summed E-state index contributed by atoms with van der Waals surface area (Å²) in [6, 6.07) is 0. The maximum Gasteiger partial charge on any atom is 0.138 e. The molecule has 21 heavy (non-hydrogen) atoms. The number of hydrogen-bond acceptors (Lipinski definition) is 5. The van der Waals surface area contributed by atoms with Crippen LogP contribution < -0.4 is 10.2 Å². The van der Waals surface area contributed by atoms with Crippen LogP contribution in [0.3, 0.4) is 0 Å². The molecule has 1 fully saturated rings. The van der Waals surface area contributed by atoms with Crippen molar-refractivity contribution in [3.63, 3.8) is 0 Å². The standard InChI is InChI=1S/C16H28N4O/c1-6-17-13-11(2)14(19-15(18-13)16(3,4)5)20-9-7-12(21)8-10-20/h12,21H,6-10H2,1-5H3,(H,17,18,19). The molecule has 0 unspecified atom stereocenters. The maximum absolute atomic E-state index is 9.69. The summed E-state index contributed by atoms with van der Waals surface area (Å²) in [6.45, 7) is 13.1. The second-order valence-electron chi connectivity index (χ2n) is 6.84.